The van der Waals surface area contributed by atoms with Crippen molar-refractivity contribution < 1.29 is 13.2 Å². The maximum Gasteiger partial charge on any atom is 0.391 e. The number of nitrogens with zero attached hydrogens (tertiary/aromatic N) is 2. The summed E-state index contributed by atoms with van der Waals surface area (Å²) in [6.45, 7) is 1.72. The third-order valence-corrected chi connectivity index (χ3v) is 5.56. The van der Waals surface area contributed by atoms with Gasteiger partial charge in [0.25, 0.3) is 0 Å². The smallest absolute Gasteiger partial charge is 0.351 e. The Morgan fingerprint density at radius 3 is 2.47 bits per heavy atom. The maximum atomic E-state index is 12.5. The molecule has 0 bridgehead atoms. The first-order valence-corrected chi connectivity index (χ1v) is 7.59. The van der Waals surface area contributed by atoms with Gasteiger partial charge in [0.15, 0.2) is 5.17 Å². The van der Waals surface area contributed by atoms with Gasteiger partial charge >= 0.3 is 6.18 Å². The van der Waals surface area contributed by atoms with Gasteiger partial charge in [-0.1, -0.05) is 27.7 Å². The average Bonchev–Trinajstić information content (AvgIpc) is 2.76. The molecule has 0 aromatic rings. The predicted molar refractivity (Wildman–Crippen MR) is 67.8 cm³/mol. The third-order valence-electron chi connectivity index (χ3n) is 3.10. The number of halogens is 4. The van der Waals surface area contributed by atoms with Crippen LogP contribution in [0.25, 0.3) is 0 Å². The van der Waals surface area contributed by atoms with Crippen molar-refractivity contribution in [2.24, 2.45) is 10.9 Å². The van der Waals surface area contributed by atoms with Gasteiger partial charge in [-0.25, -0.2) is 0 Å². The molecular formula is C10H14BrF3N2S. The number of likely N-dealkylation sites (tertiary alicyclic amines) is 1. The Balaban J connectivity index is 1.84. The van der Waals surface area contributed by atoms with Crippen LogP contribution in [-0.2, 0) is 0 Å². The summed E-state index contributed by atoms with van der Waals surface area (Å²) in [5, 5.41) is 2.24. The van der Waals surface area contributed by atoms with Crippen LogP contribution in [0.3, 0.4) is 0 Å². The van der Waals surface area contributed by atoms with E-state index >= 15 is 0 Å². The molecule has 0 aliphatic carbocycles. The van der Waals surface area contributed by atoms with Crippen LogP contribution >= 0.6 is 27.7 Å². The molecule has 1 saturated heterocycles. The fraction of sp³-hybridized carbons (Fsp3) is 0.900. The summed E-state index contributed by atoms with van der Waals surface area (Å²) in [5.74, 6) is -1.13. The highest BCUT2D eigenvalue weighted by Gasteiger charge is 2.41. The van der Waals surface area contributed by atoms with E-state index in [0.29, 0.717) is 18.3 Å². The Bertz CT molecular complexity index is 300. The van der Waals surface area contributed by atoms with Crippen molar-refractivity contribution in [3.8, 4) is 0 Å². The number of piperidine rings is 1. The number of alkyl halides is 4. The number of hydrogen-bond acceptors (Lipinski definition) is 3. The largest absolute Gasteiger partial charge is 0.391 e. The first kappa shape index (κ1) is 13.5. The molecule has 0 spiro atoms. The molecule has 1 fully saturated rings. The zero-order valence-corrected chi connectivity index (χ0v) is 11.6. The Hall–Kier alpha value is 0.0900. The highest BCUT2D eigenvalue weighted by atomic mass is 79.9. The van der Waals surface area contributed by atoms with Crippen molar-refractivity contribution in [2.75, 3.05) is 25.0 Å². The Labute approximate surface area is 111 Å². The second kappa shape index (κ2) is 5.38. The molecule has 1 atom stereocenters. The number of hydrogen-bond donors (Lipinski definition) is 0. The average molecular weight is 331 g/mol. The molecule has 1 unspecified atom stereocenters. The zero-order chi connectivity index (χ0) is 12.5. The van der Waals surface area contributed by atoms with E-state index in [2.05, 4.69) is 20.9 Å². The monoisotopic (exact) mass is 330 g/mol. The number of rotatable bonds is 1. The lowest BCUT2D eigenvalue weighted by Gasteiger charge is -2.33. The minimum absolute atomic E-state index is 0.196. The van der Waals surface area contributed by atoms with Crippen LogP contribution in [0.5, 0.6) is 0 Å². The summed E-state index contributed by atoms with van der Waals surface area (Å²) in [4.78, 5) is 6.39. The van der Waals surface area contributed by atoms with Gasteiger partial charge in [-0.15, -0.1) is 0 Å². The Kier molecular flexibility index (Phi) is 4.28. The van der Waals surface area contributed by atoms with Crippen molar-refractivity contribution in [1.29, 1.82) is 0 Å². The topological polar surface area (TPSA) is 15.6 Å². The van der Waals surface area contributed by atoms with Gasteiger partial charge in [-0.2, -0.15) is 13.2 Å². The van der Waals surface area contributed by atoms with Gasteiger partial charge < -0.3 is 4.90 Å². The van der Waals surface area contributed by atoms with E-state index in [9.17, 15) is 13.2 Å². The normalized spacial score (nSPS) is 27.4. The van der Waals surface area contributed by atoms with Gasteiger partial charge in [0.05, 0.1) is 12.5 Å². The second-order valence-electron chi connectivity index (χ2n) is 4.32. The minimum Gasteiger partial charge on any atom is -0.351 e. The summed E-state index contributed by atoms with van der Waals surface area (Å²) in [6.07, 6.45) is -3.64. The highest BCUT2D eigenvalue weighted by Crippen LogP contribution is 2.35. The van der Waals surface area contributed by atoms with E-state index in [-0.39, 0.29) is 12.8 Å². The predicted octanol–water partition coefficient (Wildman–Crippen LogP) is 3.13. The molecular weight excluding hydrogens is 317 g/mol. The molecule has 0 amide bonds. The molecule has 0 N–H and O–H groups in total. The number of aliphatic imine (C=N–C) groups is 1. The van der Waals surface area contributed by atoms with Crippen molar-refractivity contribution in [1.82, 2.24) is 4.90 Å². The van der Waals surface area contributed by atoms with Crippen LogP contribution in [-0.4, -0.2) is 46.5 Å². The van der Waals surface area contributed by atoms with E-state index in [1.807, 2.05) is 4.90 Å². The van der Waals surface area contributed by atoms with E-state index in [0.717, 1.165) is 17.0 Å². The van der Waals surface area contributed by atoms with E-state index in [4.69, 9.17) is 0 Å². The molecule has 7 heteroatoms. The van der Waals surface area contributed by atoms with Gasteiger partial charge in [0, 0.05) is 23.7 Å². The standard InChI is InChI=1S/C10H14BrF3N2S/c11-5-8-6-15-9(17-8)16-3-1-7(2-4-16)10(12,13)14/h7-8H,1-6H2. The molecule has 2 nitrogen and oxygen atoms in total. The van der Waals surface area contributed by atoms with Crippen molar-refractivity contribution in [3.63, 3.8) is 0 Å². The summed E-state index contributed by atoms with van der Waals surface area (Å²) in [6, 6.07) is 0. The summed E-state index contributed by atoms with van der Waals surface area (Å²) in [7, 11) is 0. The molecule has 2 aliphatic rings. The van der Waals surface area contributed by atoms with Gasteiger partial charge in [0.1, 0.15) is 0 Å². The quantitative estimate of drug-likeness (QED) is 0.686. The van der Waals surface area contributed by atoms with Crippen LogP contribution in [0.1, 0.15) is 12.8 Å². The van der Waals surface area contributed by atoms with Crippen molar-refractivity contribution >= 4 is 32.9 Å². The fourth-order valence-corrected chi connectivity index (χ4v) is 3.65. The third kappa shape index (κ3) is 3.30. The van der Waals surface area contributed by atoms with Gasteiger partial charge in [0.2, 0.25) is 0 Å². The maximum absolute atomic E-state index is 12.5. The number of amidine groups is 1. The van der Waals surface area contributed by atoms with E-state index < -0.39 is 12.1 Å². The number of thioether (sulfide) groups is 1. The molecule has 0 aromatic heterocycles. The molecule has 98 valence electrons. The first-order valence-electron chi connectivity index (χ1n) is 5.59. The molecule has 0 radical (unpaired) electrons. The zero-order valence-electron chi connectivity index (χ0n) is 9.21. The van der Waals surface area contributed by atoms with Gasteiger partial charge in [-0.3, -0.25) is 4.99 Å². The Morgan fingerprint density at radius 2 is 2.00 bits per heavy atom. The van der Waals surface area contributed by atoms with Crippen molar-refractivity contribution in [3.05, 3.63) is 0 Å². The minimum atomic E-state index is -4.03. The molecule has 17 heavy (non-hydrogen) atoms. The summed E-state index contributed by atoms with van der Waals surface area (Å²) < 4.78 is 37.5. The first-order chi connectivity index (χ1) is 8.00. The molecule has 0 aromatic carbocycles. The lowest BCUT2D eigenvalue weighted by molar-refractivity contribution is -0.183. The molecule has 2 aliphatic heterocycles. The summed E-state index contributed by atoms with van der Waals surface area (Å²) in [5.41, 5.74) is 0. The lowest BCUT2D eigenvalue weighted by Crippen LogP contribution is -2.40. The molecule has 2 heterocycles. The van der Waals surface area contributed by atoms with Crippen molar-refractivity contribution in [2.45, 2.75) is 24.3 Å². The molecule has 0 saturated carbocycles. The lowest BCUT2D eigenvalue weighted by atomic mass is 9.97. The van der Waals surface area contributed by atoms with E-state index in [1.54, 1.807) is 11.8 Å². The van der Waals surface area contributed by atoms with Gasteiger partial charge in [-0.05, 0) is 12.8 Å². The fourth-order valence-electron chi connectivity index (χ4n) is 2.06. The van der Waals surface area contributed by atoms with Crippen LogP contribution in [0.15, 0.2) is 4.99 Å². The highest BCUT2D eigenvalue weighted by molar-refractivity contribution is 9.09. The Morgan fingerprint density at radius 1 is 1.35 bits per heavy atom. The van der Waals surface area contributed by atoms with Crippen LogP contribution in [0, 0.1) is 5.92 Å². The molecule has 2 rings (SSSR count). The summed E-state index contributed by atoms with van der Waals surface area (Å²) >= 11 is 5.08. The van der Waals surface area contributed by atoms with Crippen LogP contribution < -0.4 is 0 Å². The van der Waals surface area contributed by atoms with E-state index in [1.165, 1.54) is 0 Å². The SMILES string of the molecule is FC(F)(F)C1CCN(C2=NCC(CBr)S2)CC1. The van der Waals surface area contributed by atoms with Crippen LogP contribution in [0.4, 0.5) is 13.2 Å². The van der Waals surface area contributed by atoms with Crippen LogP contribution in [0.2, 0.25) is 0 Å². The second-order valence-corrected chi connectivity index (χ2v) is 6.24.